The van der Waals surface area contributed by atoms with Gasteiger partial charge in [0.15, 0.2) is 3.70 Å². The van der Waals surface area contributed by atoms with Gasteiger partial charge in [-0.05, 0) is 28.2 Å². The van der Waals surface area contributed by atoms with E-state index in [2.05, 4.69) is 38.7 Å². The largest absolute Gasteiger partial charge is 0.391 e. The van der Waals surface area contributed by atoms with E-state index in [1.807, 2.05) is 54.7 Å². The van der Waals surface area contributed by atoms with Crippen molar-refractivity contribution in [2.45, 2.75) is 6.61 Å². The lowest BCUT2D eigenvalue weighted by Crippen LogP contribution is -2.13. The van der Waals surface area contributed by atoms with E-state index in [-0.39, 0.29) is 0 Å². The van der Waals surface area contributed by atoms with Gasteiger partial charge in [-0.25, -0.2) is 0 Å². The fourth-order valence-electron chi connectivity index (χ4n) is 2.47. The van der Waals surface area contributed by atoms with Crippen LogP contribution in [0.1, 0.15) is 5.56 Å². The van der Waals surface area contributed by atoms with Crippen molar-refractivity contribution in [3.05, 3.63) is 70.1 Å². The highest BCUT2D eigenvalue weighted by atomic mass is 127. The number of fused-ring (bicyclic) bond motifs is 3. The van der Waals surface area contributed by atoms with Gasteiger partial charge >= 0.3 is 0 Å². The van der Waals surface area contributed by atoms with Gasteiger partial charge in [-0.15, -0.1) is 5.10 Å². The molecule has 4 rings (SSSR count). The lowest BCUT2D eigenvalue weighted by Gasteiger charge is -2.07. The molecule has 0 atom stereocenters. The number of halogens is 1. The van der Waals surface area contributed by atoms with Crippen LogP contribution in [-0.4, -0.2) is 14.9 Å². The minimum atomic E-state index is 0.469. The predicted octanol–water partition coefficient (Wildman–Crippen LogP) is 3.82. The smallest absolute Gasteiger partial charge is 0.153 e. The van der Waals surface area contributed by atoms with Crippen molar-refractivity contribution in [2.75, 3.05) is 0 Å². The summed E-state index contributed by atoms with van der Waals surface area (Å²) in [5.41, 5.74) is 2.89. The summed E-state index contributed by atoms with van der Waals surface area (Å²) >= 11 is 2.19. The Morgan fingerprint density at radius 1 is 1.00 bits per heavy atom. The van der Waals surface area contributed by atoms with E-state index < -0.39 is 0 Å². The third kappa shape index (κ3) is 2.31. The molecule has 22 heavy (non-hydrogen) atoms. The first-order valence-corrected chi connectivity index (χ1v) is 8.00. The molecule has 0 saturated heterocycles. The van der Waals surface area contributed by atoms with Crippen molar-refractivity contribution in [1.29, 1.82) is 0 Å². The van der Waals surface area contributed by atoms with E-state index in [0.29, 0.717) is 6.61 Å². The standard InChI is InChI=1S/C17H12IN3O/c18-17-15-16(14-9-5-4-8-13(14)10-19-15)21(20-17)22-11-12-6-2-1-3-7-12/h1-10H,11H2. The SMILES string of the molecule is Ic1nn(OCc2ccccc2)c2c1ncc1ccccc12. The zero-order valence-electron chi connectivity index (χ0n) is 11.6. The molecule has 0 saturated carbocycles. The quantitative estimate of drug-likeness (QED) is 0.490. The summed E-state index contributed by atoms with van der Waals surface area (Å²) in [5.74, 6) is 0. The zero-order chi connectivity index (χ0) is 14.9. The van der Waals surface area contributed by atoms with Gasteiger partial charge in [-0.3, -0.25) is 4.98 Å². The molecule has 0 aliphatic rings. The molecular weight excluding hydrogens is 389 g/mol. The van der Waals surface area contributed by atoms with Crippen LogP contribution in [0.5, 0.6) is 0 Å². The van der Waals surface area contributed by atoms with Crippen LogP contribution in [0.4, 0.5) is 0 Å². The second-order valence-electron chi connectivity index (χ2n) is 4.97. The third-order valence-corrected chi connectivity index (χ3v) is 4.26. The Balaban J connectivity index is 1.81. The molecule has 0 N–H and O–H groups in total. The molecule has 0 fully saturated rings. The van der Waals surface area contributed by atoms with E-state index in [4.69, 9.17) is 4.84 Å². The fraction of sp³-hybridized carbons (Fsp3) is 0.0588. The van der Waals surface area contributed by atoms with Gasteiger partial charge in [0, 0.05) is 17.0 Å². The summed E-state index contributed by atoms with van der Waals surface area (Å²) in [6.07, 6.45) is 1.88. The van der Waals surface area contributed by atoms with Gasteiger partial charge in [0.05, 0.1) is 0 Å². The maximum Gasteiger partial charge on any atom is 0.153 e. The van der Waals surface area contributed by atoms with Crippen molar-refractivity contribution >= 4 is 44.4 Å². The normalized spacial score (nSPS) is 11.1. The molecule has 0 aliphatic carbocycles. The van der Waals surface area contributed by atoms with Crippen LogP contribution in [0.3, 0.4) is 0 Å². The molecule has 2 aromatic carbocycles. The van der Waals surface area contributed by atoms with Gasteiger partial charge < -0.3 is 4.84 Å². The number of nitrogens with zero attached hydrogens (tertiary/aromatic N) is 3. The van der Waals surface area contributed by atoms with E-state index >= 15 is 0 Å². The van der Waals surface area contributed by atoms with E-state index in [0.717, 1.165) is 31.1 Å². The Morgan fingerprint density at radius 3 is 2.64 bits per heavy atom. The number of pyridine rings is 1. The average Bonchev–Trinajstić information content (AvgIpc) is 2.90. The topological polar surface area (TPSA) is 39.9 Å². The maximum absolute atomic E-state index is 5.90. The summed E-state index contributed by atoms with van der Waals surface area (Å²) < 4.78 is 0.839. The number of benzene rings is 2. The lowest BCUT2D eigenvalue weighted by atomic mass is 10.1. The molecular formula is C17H12IN3O. The lowest BCUT2D eigenvalue weighted by molar-refractivity contribution is 0.0791. The van der Waals surface area contributed by atoms with Crippen LogP contribution in [0.2, 0.25) is 0 Å². The summed E-state index contributed by atoms with van der Waals surface area (Å²) in [6.45, 7) is 0.469. The van der Waals surface area contributed by atoms with Crippen LogP contribution in [0.15, 0.2) is 60.8 Å². The highest BCUT2D eigenvalue weighted by molar-refractivity contribution is 14.1. The monoisotopic (exact) mass is 401 g/mol. The minimum Gasteiger partial charge on any atom is -0.391 e. The van der Waals surface area contributed by atoms with Crippen molar-refractivity contribution < 1.29 is 4.84 Å². The van der Waals surface area contributed by atoms with Crippen molar-refractivity contribution in [1.82, 2.24) is 14.9 Å². The van der Waals surface area contributed by atoms with Gasteiger partial charge in [0.1, 0.15) is 17.6 Å². The molecule has 5 heteroatoms. The Morgan fingerprint density at radius 2 is 1.77 bits per heavy atom. The van der Waals surface area contributed by atoms with Crippen LogP contribution >= 0.6 is 22.6 Å². The summed E-state index contributed by atoms with van der Waals surface area (Å²) in [4.78, 5) is 12.0. The molecule has 4 nitrogen and oxygen atoms in total. The van der Waals surface area contributed by atoms with Crippen LogP contribution in [-0.2, 0) is 6.61 Å². The van der Waals surface area contributed by atoms with Gasteiger partial charge in [-0.1, -0.05) is 59.4 Å². The number of hydrogen-bond acceptors (Lipinski definition) is 3. The third-order valence-electron chi connectivity index (χ3n) is 3.53. The molecule has 0 bridgehead atoms. The number of rotatable bonds is 3. The first-order valence-electron chi connectivity index (χ1n) is 6.92. The van der Waals surface area contributed by atoms with Gasteiger partial charge in [0.25, 0.3) is 0 Å². The molecule has 0 amide bonds. The molecule has 0 unspecified atom stereocenters. The Labute approximate surface area is 140 Å². The molecule has 2 heterocycles. The second-order valence-corrected chi connectivity index (χ2v) is 5.99. The predicted molar refractivity (Wildman–Crippen MR) is 94.5 cm³/mol. The fourth-order valence-corrected chi connectivity index (χ4v) is 3.06. The van der Waals surface area contributed by atoms with E-state index in [1.165, 1.54) is 0 Å². The van der Waals surface area contributed by atoms with Gasteiger partial charge in [-0.2, -0.15) is 0 Å². The van der Waals surface area contributed by atoms with E-state index in [9.17, 15) is 0 Å². The Hall–Kier alpha value is -2.15. The molecule has 108 valence electrons. The highest BCUT2D eigenvalue weighted by Gasteiger charge is 2.14. The summed E-state index contributed by atoms with van der Waals surface area (Å²) in [7, 11) is 0. The zero-order valence-corrected chi connectivity index (χ0v) is 13.8. The van der Waals surface area contributed by atoms with Crippen LogP contribution in [0.25, 0.3) is 21.8 Å². The van der Waals surface area contributed by atoms with E-state index in [1.54, 1.807) is 4.85 Å². The van der Waals surface area contributed by atoms with Crippen molar-refractivity contribution in [3.8, 4) is 0 Å². The Bertz CT molecular complexity index is 950. The minimum absolute atomic E-state index is 0.469. The summed E-state index contributed by atoms with van der Waals surface area (Å²) in [5, 5.41) is 6.65. The maximum atomic E-state index is 5.90. The van der Waals surface area contributed by atoms with Crippen molar-refractivity contribution in [2.24, 2.45) is 0 Å². The molecule has 4 aromatic rings. The number of hydrogen-bond donors (Lipinski definition) is 0. The van der Waals surface area contributed by atoms with Gasteiger partial charge in [0.2, 0.25) is 0 Å². The van der Waals surface area contributed by atoms with Crippen LogP contribution in [0, 0.1) is 3.70 Å². The molecule has 0 aliphatic heterocycles. The number of aromatic nitrogens is 3. The van der Waals surface area contributed by atoms with Crippen LogP contribution < -0.4 is 4.84 Å². The second kappa shape index (κ2) is 5.57. The molecule has 2 aromatic heterocycles. The Kier molecular flexibility index (Phi) is 3.42. The van der Waals surface area contributed by atoms with Crippen molar-refractivity contribution in [3.63, 3.8) is 0 Å². The molecule has 0 radical (unpaired) electrons. The molecule has 0 spiro atoms. The highest BCUT2D eigenvalue weighted by Crippen LogP contribution is 2.25. The first kappa shape index (κ1) is 13.5. The summed E-state index contributed by atoms with van der Waals surface area (Å²) in [6, 6.07) is 18.2. The average molecular weight is 401 g/mol. The first-order chi connectivity index (χ1) is 10.8.